The number of aryl methyl sites for hydroxylation is 1. The van der Waals surface area contributed by atoms with Crippen LogP contribution in [0.3, 0.4) is 0 Å². The minimum Gasteiger partial charge on any atom is -0.296 e. The van der Waals surface area contributed by atoms with Gasteiger partial charge >= 0.3 is 0 Å². The van der Waals surface area contributed by atoms with Gasteiger partial charge in [-0.15, -0.1) is 0 Å². The fourth-order valence-electron chi connectivity index (χ4n) is 2.42. The number of carbonyl (C=O) groups is 2. The Hall–Kier alpha value is -2.47. The molecule has 0 aliphatic carbocycles. The number of hydrogen-bond acceptors (Lipinski definition) is 3. The quantitative estimate of drug-likeness (QED) is 0.833. The van der Waals surface area contributed by atoms with E-state index in [0.29, 0.717) is 5.56 Å². The lowest BCUT2D eigenvalue weighted by atomic mass is 10.0. The second kappa shape index (κ2) is 6.97. The molecule has 1 heterocycles. The molecule has 2 aromatic carbocycles. The molecule has 122 valence electrons. The van der Waals surface area contributed by atoms with Crippen LogP contribution < -0.4 is 10.6 Å². The summed E-state index contributed by atoms with van der Waals surface area (Å²) < 4.78 is 0.891. The second-order valence-electron chi connectivity index (χ2n) is 5.62. The van der Waals surface area contributed by atoms with Crippen molar-refractivity contribution in [1.82, 2.24) is 10.6 Å². The van der Waals surface area contributed by atoms with Crippen molar-refractivity contribution in [3.05, 3.63) is 69.7 Å². The van der Waals surface area contributed by atoms with Gasteiger partial charge < -0.3 is 0 Å². The van der Waals surface area contributed by atoms with E-state index in [1.807, 2.05) is 31.2 Å². The standard InChI is InChI=1S/C18H16BrN3O2/c1-11-2-4-12(5-3-11)15-10-16(23)21-18(20-15)22-17(24)13-6-8-14(19)9-7-13/h2-9,15H,10H2,1H3,(H2,20,21,22,23,24). The molecule has 1 atom stereocenters. The van der Waals surface area contributed by atoms with E-state index in [9.17, 15) is 9.59 Å². The first-order chi connectivity index (χ1) is 11.5. The topological polar surface area (TPSA) is 70.6 Å². The molecule has 2 aromatic rings. The van der Waals surface area contributed by atoms with Crippen LogP contribution in [-0.2, 0) is 4.79 Å². The molecular weight excluding hydrogens is 370 g/mol. The Morgan fingerprint density at radius 1 is 1.17 bits per heavy atom. The zero-order chi connectivity index (χ0) is 17.1. The number of rotatable bonds is 2. The minimum absolute atomic E-state index is 0.165. The molecule has 24 heavy (non-hydrogen) atoms. The van der Waals surface area contributed by atoms with E-state index in [4.69, 9.17) is 0 Å². The zero-order valence-electron chi connectivity index (χ0n) is 13.0. The monoisotopic (exact) mass is 385 g/mol. The maximum atomic E-state index is 12.3. The highest BCUT2D eigenvalue weighted by Crippen LogP contribution is 2.23. The number of amides is 2. The third kappa shape index (κ3) is 3.89. The van der Waals surface area contributed by atoms with Crippen molar-refractivity contribution in [1.29, 1.82) is 0 Å². The first kappa shape index (κ1) is 16.4. The zero-order valence-corrected chi connectivity index (χ0v) is 14.6. The first-order valence-electron chi connectivity index (χ1n) is 7.52. The van der Waals surface area contributed by atoms with Crippen LogP contribution in [0.2, 0.25) is 0 Å². The lowest BCUT2D eigenvalue weighted by Gasteiger charge is -2.21. The van der Waals surface area contributed by atoms with Crippen molar-refractivity contribution < 1.29 is 9.59 Å². The molecule has 2 N–H and O–H groups in total. The van der Waals surface area contributed by atoms with Gasteiger partial charge in [0, 0.05) is 10.0 Å². The molecule has 0 spiro atoms. The van der Waals surface area contributed by atoms with Crippen LogP contribution in [0.4, 0.5) is 0 Å². The molecule has 0 fully saturated rings. The summed E-state index contributed by atoms with van der Waals surface area (Å²) in [6.07, 6.45) is 0.265. The maximum Gasteiger partial charge on any atom is 0.257 e. The lowest BCUT2D eigenvalue weighted by molar-refractivity contribution is -0.120. The Kier molecular flexibility index (Phi) is 4.76. The Bertz CT molecular complexity index is 798. The van der Waals surface area contributed by atoms with E-state index in [-0.39, 0.29) is 30.2 Å². The summed E-state index contributed by atoms with van der Waals surface area (Å²) in [4.78, 5) is 28.7. The Balaban J connectivity index is 1.78. The lowest BCUT2D eigenvalue weighted by Crippen LogP contribution is -2.47. The normalized spacial score (nSPS) is 17.0. The number of aliphatic imine (C=N–C) groups is 1. The van der Waals surface area contributed by atoms with E-state index < -0.39 is 0 Å². The van der Waals surface area contributed by atoms with Gasteiger partial charge in [-0.3, -0.25) is 20.2 Å². The molecule has 1 aliphatic rings. The van der Waals surface area contributed by atoms with Crippen LogP contribution in [0.25, 0.3) is 0 Å². The largest absolute Gasteiger partial charge is 0.296 e. The average Bonchev–Trinajstić information content (AvgIpc) is 2.55. The molecule has 3 rings (SSSR count). The van der Waals surface area contributed by atoms with Crippen LogP contribution in [-0.4, -0.2) is 17.8 Å². The summed E-state index contributed by atoms with van der Waals surface area (Å²) in [7, 11) is 0. The predicted molar refractivity (Wildman–Crippen MR) is 95.7 cm³/mol. The van der Waals surface area contributed by atoms with Gasteiger partial charge in [-0.25, -0.2) is 4.99 Å². The van der Waals surface area contributed by atoms with Gasteiger partial charge in [0.25, 0.3) is 5.91 Å². The Morgan fingerprint density at radius 2 is 1.83 bits per heavy atom. The number of benzene rings is 2. The highest BCUT2D eigenvalue weighted by atomic mass is 79.9. The van der Waals surface area contributed by atoms with Crippen molar-refractivity contribution in [2.45, 2.75) is 19.4 Å². The summed E-state index contributed by atoms with van der Waals surface area (Å²) >= 11 is 3.33. The third-order valence-corrected chi connectivity index (χ3v) is 4.25. The molecule has 0 radical (unpaired) electrons. The van der Waals surface area contributed by atoms with E-state index >= 15 is 0 Å². The Labute approximate surface area is 148 Å². The molecule has 5 nitrogen and oxygen atoms in total. The molecule has 6 heteroatoms. The molecule has 1 unspecified atom stereocenters. The number of nitrogens with one attached hydrogen (secondary N) is 2. The van der Waals surface area contributed by atoms with E-state index in [2.05, 4.69) is 31.6 Å². The van der Waals surface area contributed by atoms with Gasteiger partial charge in [-0.05, 0) is 36.8 Å². The molecule has 0 saturated carbocycles. The molecule has 0 bridgehead atoms. The van der Waals surface area contributed by atoms with Gasteiger partial charge in [0.15, 0.2) is 0 Å². The van der Waals surface area contributed by atoms with Crippen LogP contribution in [0.5, 0.6) is 0 Å². The summed E-state index contributed by atoms with van der Waals surface area (Å²) in [6.45, 7) is 2.00. The molecule has 0 aromatic heterocycles. The van der Waals surface area contributed by atoms with E-state index in [1.54, 1.807) is 24.3 Å². The van der Waals surface area contributed by atoms with Gasteiger partial charge in [0.2, 0.25) is 11.9 Å². The fourth-order valence-corrected chi connectivity index (χ4v) is 2.68. The van der Waals surface area contributed by atoms with Crippen LogP contribution in [0.15, 0.2) is 58.0 Å². The SMILES string of the molecule is Cc1ccc(C2CC(=O)NC(NC(=O)c3ccc(Br)cc3)=N2)cc1. The highest BCUT2D eigenvalue weighted by molar-refractivity contribution is 9.10. The summed E-state index contributed by atoms with van der Waals surface area (Å²) in [5.74, 6) is -0.294. The van der Waals surface area contributed by atoms with Crippen molar-refractivity contribution in [2.75, 3.05) is 0 Å². The number of hydrogen-bond donors (Lipinski definition) is 2. The molecule has 1 aliphatic heterocycles. The van der Waals surface area contributed by atoms with Crippen molar-refractivity contribution in [3.63, 3.8) is 0 Å². The maximum absolute atomic E-state index is 12.3. The van der Waals surface area contributed by atoms with Crippen molar-refractivity contribution in [3.8, 4) is 0 Å². The third-order valence-electron chi connectivity index (χ3n) is 3.72. The number of nitrogens with zero attached hydrogens (tertiary/aromatic N) is 1. The minimum atomic E-state index is -0.314. The van der Waals surface area contributed by atoms with Crippen molar-refractivity contribution >= 4 is 33.7 Å². The number of halogens is 1. The number of carbonyl (C=O) groups excluding carboxylic acids is 2. The Morgan fingerprint density at radius 3 is 2.50 bits per heavy atom. The van der Waals surface area contributed by atoms with Gasteiger partial charge in [-0.2, -0.15) is 0 Å². The smallest absolute Gasteiger partial charge is 0.257 e. The van der Waals surface area contributed by atoms with Crippen LogP contribution in [0, 0.1) is 6.92 Å². The highest BCUT2D eigenvalue weighted by Gasteiger charge is 2.23. The molecular formula is C18H16BrN3O2. The first-order valence-corrected chi connectivity index (χ1v) is 8.32. The predicted octanol–water partition coefficient (Wildman–Crippen LogP) is 3.10. The second-order valence-corrected chi connectivity index (χ2v) is 6.53. The average molecular weight is 386 g/mol. The van der Waals surface area contributed by atoms with Crippen LogP contribution in [0.1, 0.15) is 33.9 Å². The van der Waals surface area contributed by atoms with Gasteiger partial charge in [0.1, 0.15) is 0 Å². The molecule has 0 saturated heterocycles. The molecule has 2 amide bonds. The van der Waals surface area contributed by atoms with Crippen molar-refractivity contribution in [2.24, 2.45) is 4.99 Å². The summed E-state index contributed by atoms with van der Waals surface area (Å²) in [5.41, 5.74) is 2.59. The van der Waals surface area contributed by atoms with E-state index in [0.717, 1.165) is 15.6 Å². The number of guanidine groups is 1. The summed E-state index contributed by atoms with van der Waals surface area (Å²) in [5, 5.41) is 5.27. The van der Waals surface area contributed by atoms with Crippen LogP contribution >= 0.6 is 15.9 Å². The summed E-state index contributed by atoms with van der Waals surface area (Å²) in [6, 6.07) is 14.5. The van der Waals surface area contributed by atoms with Gasteiger partial charge in [0.05, 0.1) is 12.5 Å². The van der Waals surface area contributed by atoms with Gasteiger partial charge in [-0.1, -0.05) is 45.8 Å². The fraction of sp³-hybridized carbons (Fsp3) is 0.167. The van der Waals surface area contributed by atoms with E-state index in [1.165, 1.54) is 0 Å².